The average molecular weight is 282 g/mol. The maximum absolute atomic E-state index is 11.8. The molecule has 1 aromatic rings. The molecule has 1 fully saturated rings. The zero-order valence-electron chi connectivity index (χ0n) is 11.4. The summed E-state index contributed by atoms with van der Waals surface area (Å²) in [4.78, 5) is 2.33. The fourth-order valence-corrected chi connectivity index (χ4v) is 3.55. The van der Waals surface area contributed by atoms with Gasteiger partial charge in [-0.2, -0.15) is 0 Å². The second kappa shape index (κ2) is 6.28. The lowest BCUT2D eigenvalue weighted by atomic mass is 10.2. The highest BCUT2D eigenvalue weighted by molar-refractivity contribution is 7.92. The Morgan fingerprint density at radius 2 is 1.79 bits per heavy atom. The van der Waals surface area contributed by atoms with Crippen LogP contribution in [0.5, 0.6) is 0 Å². The first-order valence-electron chi connectivity index (χ1n) is 6.96. The van der Waals surface area contributed by atoms with Crippen molar-refractivity contribution in [2.45, 2.75) is 32.6 Å². The van der Waals surface area contributed by atoms with Gasteiger partial charge in [-0.25, -0.2) is 8.42 Å². The van der Waals surface area contributed by atoms with E-state index in [0.29, 0.717) is 12.1 Å². The number of benzene rings is 1. The molecule has 2 rings (SSSR count). The van der Waals surface area contributed by atoms with Crippen molar-refractivity contribution in [1.82, 2.24) is 0 Å². The summed E-state index contributed by atoms with van der Waals surface area (Å²) in [6, 6.07) is 7.67. The molecule has 1 aliphatic rings. The topological polar surface area (TPSA) is 49.4 Å². The van der Waals surface area contributed by atoms with Crippen LogP contribution in [0.4, 0.5) is 11.4 Å². The van der Waals surface area contributed by atoms with Crippen LogP contribution in [0.25, 0.3) is 0 Å². The molecule has 0 radical (unpaired) electrons. The molecule has 1 saturated heterocycles. The predicted octanol–water partition coefficient (Wildman–Crippen LogP) is 2.83. The Labute approximate surface area is 115 Å². The van der Waals surface area contributed by atoms with Crippen LogP contribution in [0.1, 0.15) is 32.6 Å². The van der Waals surface area contributed by atoms with Gasteiger partial charge in [0.1, 0.15) is 0 Å². The van der Waals surface area contributed by atoms with E-state index in [1.165, 1.54) is 18.5 Å². The smallest absolute Gasteiger partial charge is 0.232 e. The number of anilines is 2. The van der Waals surface area contributed by atoms with Crippen LogP contribution in [0, 0.1) is 0 Å². The van der Waals surface area contributed by atoms with Crippen molar-refractivity contribution in [3.63, 3.8) is 0 Å². The van der Waals surface area contributed by atoms with Crippen molar-refractivity contribution in [1.29, 1.82) is 0 Å². The molecule has 19 heavy (non-hydrogen) atoms. The molecule has 1 N–H and O–H groups in total. The summed E-state index contributed by atoms with van der Waals surface area (Å²) in [5.74, 6) is 0.192. The van der Waals surface area contributed by atoms with Crippen LogP contribution >= 0.6 is 0 Å². The Hall–Kier alpha value is -1.23. The van der Waals surface area contributed by atoms with E-state index in [1.54, 1.807) is 0 Å². The van der Waals surface area contributed by atoms with Gasteiger partial charge < -0.3 is 4.90 Å². The van der Waals surface area contributed by atoms with Crippen molar-refractivity contribution in [2.24, 2.45) is 0 Å². The third-order valence-corrected chi connectivity index (χ3v) is 4.75. The molecular formula is C14H22N2O2S. The average Bonchev–Trinajstić information content (AvgIpc) is 2.91. The first-order valence-corrected chi connectivity index (χ1v) is 8.61. The highest BCUT2D eigenvalue weighted by Gasteiger charge is 2.13. The van der Waals surface area contributed by atoms with Gasteiger partial charge in [0.05, 0.1) is 5.75 Å². The second-order valence-electron chi connectivity index (χ2n) is 5.02. The van der Waals surface area contributed by atoms with E-state index in [1.807, 2.05) is 31.2 Å². The fourth-order valence-electron chi connectivity index (χ4n) is 2.28. The molecule has 0 bridgehead atoms. The summed E-state index contributed by atoms with van der Waals surface area (Å²) in [5, 5.41) is 0. The van der Waals surface area contributed by atoms with Crippen molar-refractivity contribution >= 4 is 21.4 Å². The van der Waals surface area contributed by atoms with Crippen molar-refractivity contribution in [2.75, 3.05) is 28.5 Å². The van der Waals surface area contributed by atoms with Crippen molar-refractivity contribution < 1.29 is 8.42 Å². The molecule has 1 aromatic carbocycles. The van der Waals surface area contributed by atoms with E-state index in [-0.39, 0.29) is 5.75 Å². The lowest BCUT2D eigenvalue weighted by molar-refractivity contribution is 0.598. The van der Waals surface area contributed by atoms with E-state index in [0.717, 1.165) is 19.5 Å². The van der Waals surface area contributed by atoms with Crippen LogP contribution in [-0.2, 0) is 10.0 Å². The number of nitrogens with zero attached hydrogens (tertiary/aromatic N) is 1. The van der Waals surface area contributed by atoms with E-state index in [4.69, 9.17) is 0 Å². The third-order valence-electron chi connectivity index (χ3n) is 3.38. The Balaban J connectivity index is 1.98. The zero-order chi connectivity index (χ0) is 13.7. The number of hydrogen-bond acceptors (Lipinski definition) is 3. The van der Waals surface area contributed by atoms with Gasteiger partial charge in [0.2, 0.25) is 10.0 Å². The van der Waals surface area contributed by atoms with Gasteiger partial charge in [-0.15, -0.1) is 0 Å². The number of nitrogens with one attached hydrogen (secondary N) is 1. The van der Waals surface area contributed by atoms with Crippen LogP contribution < -0.4 is 9.62 Å². The van der Waals surface area contributed by atoms with Gasteiger partial charge in [-0.3, -0.25) is 4.72 Å². The summed E-state index contributed by atoms with van der Waals surface area (Å²) in [6.45, 7) is 4.18. The highest BCUT2D eigenvalue weighted by Crippen LogP contribution is 2.22. The molecule has 0 unspecified atom stereocenters. The summed E-state index contributed by atoms with van der Waals surface area (Å²) in [5.41, 5.74) is 1.83. The largest absolute Gasteiger partial charge is 0.372 e. The lowest BCUT2D eigenvalue weighted by Crippen LogP contribution is -2.18. The molecule has 5 heteroatoms. The molecule has 0 aromatic heterocycles. The van der Waals surface area contributed by atoms with Crippen molar-refractivity contribution in [3.8, 4) is 0 Å². The number of hydrogen-bond donors (Lipinski definition) is 1. The zero-order valence-corrected chi connectivity index (χ0v) is 12.2. The quantitative estimate of drug-likeness (QED) is 0.873. The van der Waals surface area contributed by atoms with E-state index in [2.05, 4.69) is 9.62 Å². The van der Waals surface area contributed by atoms with Gasteiger partial charge in [-0.05, 0) is 43.5 Å². The minimum atomic E-state index is -3.19. The van der Waals surface area contributed by atoms with Crippen LogP contribution in [0.15, 0.2) is 24.3 Å². The summed E-state index contributed by atoms with van der Waals surface area (Å²) >= 11 is 0. The standard InChI is InChI=1S/C14H22N2O2S/c1-2-3-12-19(17,18)15-13-6-8-14(9-7-13)16-10-4-5-11-16/h6-9,15H,2-5,10-12H2,1H3. The van der Waals surface area contributed by atoms with E-state index >= 15 is 0 Å². The molecule has 0 saturated carbocycles. The minimum Gasteiger partial charge on any atom is -0.372 e. The molecule has 0 amide bonds. The van der Waals surface area contributed by atoms with Crippen LogP contribution in [0.2, 0.25) is 0 Å². The van der Waals surface area contributed by atoms with Crippen molar-refractivity contribution in [3.05, 3.63) is 24.3 Å². The second-order valence-corrected chi connectivity index (χ2v) is 6.86. The summed E-state index contributed by atoms with van der Waals surface area (Å²) in [7, 11) is -3.19. The van der Waals surface area contributed by atoms with Gasteiger partial charge >= 0.3 is 0 Å². The Kier molecular flexibility index (Phi) is 4.69. The molecular weight excluding hydrogens is 260 g/mol. The number of sulfonamides is 1. The Morgan fingerprint density at radius 1 is 1.16 bits per heavy atom. The van der Waals surface area contributed by atoms with Gasteiger partial charge in [0.15, 0.2) is 0 Å². The molecule has 4 nitrogen and oxygen atoms in total. The first-order chi connectivity index (χ1) is 9.11. The SMILES string of the molecule is CCCCS(=O)(=O)Nc1ccc(N2CCCC2)cc1. The minimum absolute atomic E-state index is 0.192. The summed E-state index contributed by atoms with van der Waals surface area (Å²) in [6.07, 6.45) is 4.06. The Morgan fingerprint density at radius 3 is 2.37 bits per heavy atom. The third kappa shape index (κ3) is 4.13. The van der Waals surface area contributed by atoms with E-state index in [9.17, 15) is 8.42 Å². The molecule has 0 atom stereocenters. The number of unbranched alkanes of at least 4 members (excludes halogenated alkanes) is 1. The van der Waals surface area contributed by atoms with Crippen LogP contribution in [0.3, 0.4) is 0 Å². The van der Waals surface area contributed by atoms with Gasteiger partial charge in [-0.1, -0.05) is 13.3 Å². The molecule has 0 aliphatic carbocycles. The summed E-state index contributed by atoms with van der Waals surface area (Å²) < 4.78 is 26.2. The number of rotatable bonds is 6. The Bertz CT molecular complexity index is 491. The molecule has 0 spiro atoms. The molecule has 106 valence electrons. The van der Waals surface area contributed by atoms with Crippen LogP contribution in [-0.4, -0.2) is 27.3 Å². The highest BCUT2D eigenvalue weighted by atomic mass is 32.2. The molecule has 1 heterocycles. The predicted molar refractivity (Wildman–Crippen MR) is 80.2 cm³/mol. The fraction of sp³-hybridized carbons (Fsp3) is 0.571. The van der Waals surface area contributed by atoms with E-state index < -0.39 is 10.0 Å². The maximum atomic E-state index is 11.8. The van der Waals surface area contributed by atoms with Gasteiger partial charge in [0.25, 0.3) is 0 Å². The first kappa shape index (κ1) is 14.2. The lowest BCUT2D eigenvalue weighted by Gasteiger charge is -2.18. The van der Waals surface area contributed by atoms with Gasteiger partial charge in [0, 0.05) is 24.5 Å². The molecule has 1 aliphatic heterocycles. The normalized spacial score (nSPS) is 15.7. The maximum Gasteiger partial charge on any atom is 0.232 e. The monoisotopic (exact) mass is 282 g/mol.